The van der Waals surface area contributed by atoms with E-state index in [0.29, 0.717) is 16.5 Å². The summed E-state index contributed by atoms with van der Waals surface area (Å²) in [6, 6.07) is 9.19. The third-order valence-corrected chi connectivity index (χ3v) is 3.83. The van der Waals surface area contributed by atoms with Crippen molar-refractivity contribution < 1.29 is 4.39 Å². The molecular formula is C15H16BrFN2. The van der Waals surface area contributed by atoms with Gasteiger partial charge in [0.15, 0.2) is 0 Å². The van der Waals surface area contributed by atoms with E-state index in [1.54, 1.807) is 18.3 Å². The summed E-state index contributed by atoms with van der Waals surface area (Å²) in [5, 5.41) is 3.16. The highest BCUT2D eigenvalue weighted by Gasteiger charge is 2.17. The molecule has 0 bridgehead atoms. The Labute approximate surface area is 121 Å². The second-order valence-electron chi connectivity index (χ2n) is 4.46. The van der Waals surface area contributed by atoms with Crippen molar-refractivity contribution >= 4 is 15.9 Å². The van der Waals surface area contributed by atoms with Crippen molar-refractivity contribution in [1.82, 2.24) is 10.3 Å². The Morgan fingerprint density at radius 1 is 1.32 bits per heavy atom. The molecule has 0 saturated carbocycles. The molecule has 0 aliphatic carbocycles. The van der Waals surface area contributed by atoms with Crippen LogP contribution in [0.4, 0.5) is 4.39 Å². The summed E-state index contributed by atoms with van der Waals surface area (Å²) in [6.07, 6.45) is 2.43. The Morgan fingerprint density at radius 3 is 2.79 bits per heavy atom. The summed E-state index contributed by atoms with van der Waals surface area (Å²) in [6.45, 7) is 2.02. The molecule has 2 aromatic rings. The number of nitrogens with zero attached hydrogens (tertiary/aromatic N) is 1. The lowest BCUT2D eigenvalue weighted by Crippen LogP contribution is -2.21. The van der Waals surface area contributed by atoms with Gasteiger partial charge in [-0.3, -0.25) is 4.98 Å². The van der Waals surface area contributed by atoms with Gasteiger partial charge in [0, 0.05) is 29.9 Å². The monoisotopic (exact) mass is 322 g/mol. The number of likely N-dealkylation sites (N-methyl/N-ethyl adjacent to an activating group) is 1. The van der Waals surface area contributed by atoms with Crippen molar-refractivity contribution in [3.05, 3.63) is 63.6 Å². The van der Waals surface area contributed by atoms with Gasteiger partial charge >= 0.3 is 0 Å². The minimum atomic E-state index is -0.213. The Morgan fingerprint density at radius 2 is 2.11 bits per heavy atom. The fourth-order valence-corrected chi connectivity index (χ4v) is 2.46. The molecule has 4 heteroatoms. The van der Waals surface area contributed by atoms with Gasteiger partial charge in [0.25, 0.3) is 0 Å². The van der Waals surface area contributed by atoms with Crippen LogP contribution in [-0.2, 0) is 6.42 Å². The van der Waals surface area contributed by atoms with Gasteiger partial charge in [0.1, 0.15) is 5.82 Å². The van der Waals surface area contributed by atoms with Crippen LogP contribution in [0.2, 0.25) is 0 Å². The summed E-state index contributed by atoms with van der Waals surface area (Å²) in [5.41, 5.74) is 2.77. The lowest BCUT2D eigenvalue weighted by molar-refractivity contribution is 0.526. The highest BCUT2D eigenvalue weighted by molar-refractivity contribution is 9.10. The number of benzene rings is 1. The minimum Gasteiger partial charge on any atom is -0.313 e. The fourth-order valence-electron chi connectivity index (χ4n) is 2.08. The van der Waals surface area contributed by atoms with E-state index < -0.39 is 0 Å². The number of pyridine rings is 1. The van der Waals surface area contributed by atoms with Crippen molar-refractivity contribution in [3.8, 4) is 0 Å². The maximum absolute atomic E-state index is 14.1. The summed E-state index contributed by atoms with van der Waals surface area (Å²) >= 11 is 3.23. The largest absolute Gasteiger partial charge is 0.313 e. The van der Waals surface area contributed by atoms with E-state index in [2.05, 4.69) is 26.2 Å². The van der Waals surface area contributed by atoms with Gasteiger partial charge in [-0.2, -0.15) is 0 Å². The molecule has 19 heavy (non-hydrogen) atoms. The van der Waals surface area contributed by atoms with Gasteiger partial charge in [-0.05, 0) is 47.6 Å². The van der Waals surface area contributed by atoms with Crippen LogP contribution in [0, 0.1) is 12.7 Å². The van der Waals surface area contributed by atoms with E-state index in [4.69, 9.17) is 0 Å². The third-order valence-electron chi connectivity index (χ3n) is 3.22. The van der Waals surface area contributed by atoms with Crippen LogP contribution < -0.4 is 5.32 Å². The molecule has 100 valence electrons. The average Bonchev–Trinajstić information content (AvgIpc) is 2.41. The molecule has 1 heterocycles. The second kappa shape index (κ2) is 6.26. The summed E-state index contributed by atoms with van der Waals surface area (Å²) in [7, 11) is 1.84. The fraction of sp³-hybridized carbons (Fsp3) is 0.267. The SMILES string of the molecule is CNC(Cc1ncccc1C)c1cccc(Br)c1F. The first kappa shape index (κ1) is 14.2. The molecule has 0 radical (unpaired) electrons. The summed E-state index contributed by atoms with van der Waals surface area (Å²) in [5.74, 6) is -0.213. The first-order valence-corrected chi connectivity index (χ1v) is 6.94. The van der Waals surface area contributed by atoms with Crippen molar-refractivity contribution in [3.63, 3.8) is 0 Å². The molecule has 1 aromatic carbocycles. The molecule has 0 fully saturated rings. The van der Waals surface area contributed by atoms with Crippen molar-refractivity contribution in [2.45, 2.75) is 19.4 Å². The van der Waals surface area contributed by atoms with Gasteiger partial charge < -0.3 is 5.32 Å². The molecule has 0 spiro atoms. The maximum Gasteiger partial charge on any atom is 0.142 e. The Kier molecular flexibility index (Phi) is 4.66. The number of halogens is 2. The first-order chi connectivity index (χ1) is 9.13. The first-order valence-electron chi connectivity index (χ1n) is 6.15. The Balaban J connectivity index is 2.31. The van der Waals surface area contributed by atoms with Gasteiger partial charge in [0.2, 0.25) is 0 Å². The van der Waals surface area contributed by atoms with Crippen LogP contribution in [0.15, 0.2) is 41.0 Å². The second-order valence-corrected chi connectivity index (χ2v) is 5.31. The Hall–Kier alpha value is -1.26. The van der Waals surface area contributed by atoms with Gasteiger partial charge in [-0.1, -0.05) is 18.2 Å². The van der Waals surface area contributed by atoms with Gasteiger partial charge in [0.05, 0.1) is 4.47 Å². The quantitative estimate of drug-likeness (QED) is 0.926. The summed E-state index contributed by atoms with van der Waals surface area (Å²) < 4.78 is 14.6. The smallest absolute Gasteiger partial charge is 0.142 e. The average molecular weight is 323 g/mol. The number of aryl methyl sites for hydroxylation is 1. The van der Waals surface area contributed by atoms with Crippen molar-refractivity contribution in [1.29, 1.82) is 0 Å². The zero-order valence-corrected chi connectivity index (χ0v) is 12.5. The number of nitrogens with one attached hydrogen (secondary N) is 1. The third kappa shape index (κ3) is 3.19. The number of aromatic nitrogens is 1. The van der Waals surface area contributed by atoms with Gasteiger partial charge in [-0.15, -0.1) is 0 Å². The van der Waals surface area contributed by atoms with Crippen molar-refractivity contribution in [2.24, 2.45) is 0 Å². The molecule has 2 rings (SSSR count). The Bertz CT molecular complexity index is 572. The molecule has 1 aromatic heterocycles. The van der Waals surface area contributed by atoms with Crippen LogP contribution in [-0.4, -0.2) is 12.0 Å². The molecule has 1 N–H and O–H groups in total. The van der Waals surface area contributed by atoms with E-state index in [-0.39, 0.29) is 11.9 Å². The van der Waals surface area contributed by atoms with E-state index >= 15 is 0 Å². The lowest BCUT2D eigenvalue weighted by Gasteiger charge is -2.18. The number of rotatable bonds is 4. The standard InChI is InChI=1S/C15H16BrFN2/c1-10-5-4-8-19-13(10)9-14(18-2)11-6-3-7-12(16)15(11)17/h3-8,14,18H,9H2,1-2H3. The molecule has 0 amide bonds. The molecule has 1 unspecified atom stereocenters. The van der Waals surface area contributed by atoms with E-state index in [1.807, 2.05) is 32.2 Å². The van der Waals surface area contributed by atoms with E-state index in [0.717, 1.165) is 11.3 Å². The molecular weight excluding hydrogens is 307 g/mol. The molecule has 0 aliphatic rings. The summed E-state index contributed by atoms with van der Waals surface area (Å²) in [4.78, 5) is 4.37. The topological polar surface area (TPSA) is 24.9 Å². The predicted molar refractivity (Wildman–Crippen MR) is 78.6 cm³/mol. The van der Waals surface area contributed by atoms with Crippen molar-refractivity contribution in [2.75, 3.05) is 7.05 Å². The van der Waals surface area contributed by atoms with Crippen LogP contribution in [0.25, 0.3) is 0 Å². The van der Waals surface area contributed by atoms with Crippen LogP contribution in [0.1, 0.15) is 22.9 Å². The molecule has 1 atom stereocenters. The van der Waals surface area contributed by atoms with E-state index in [1.165, 1.54) is 0 Å². The number of hydrogen-bond donors (Lipinski definition) is 1. The lowest BCUT2D eigenvalue weighted by atomic mass is 9.99. The van der Waals surface area contributed by atoms with E-state index in [9.17, 15) is 4.39 Å². The minimum absolute atomic E-state index is 0.0916. The highest BCUT2D eigenvalue weighted by atomic mass is 79.9. The van der Waals surface area contributed by atoms with Gasteiger partial charge in [-0.25, -0.2) is 4.39 Å². The maximum atomic E-state index is 14.1. The molecule has 2 nitrogen and oxygen atoms in total. The predicted octanol–water partition coefficient (Wildman–Crippen LogP) is 3.79. The molecule has 0 aliphatic heterocycles. The highest BCUT2D eigenvalue weighted by Crippen LogP contribution is 2.26. The molecule has 0 saturated heterocycles. The van der Waals surface area contributed by atoms with Crippen LogP contribution in [0.3, 0.4) is 0 Å². The van der Waals surface area contributed by atoms with Crippen LogP contribution >= 0.6 is 15.9 Å². The normalized spacial score (nSPS) is 12.4. The zero-order valence-electron chi connectivity index (χ0n) is 11.0. The number of hydrogen-bond acceptors (Lipinski definition) is 2. The zero-order chi connectivity index (χ0) is 13.8. The van der Waals surface area contributed by atoms with Crippen LogP contribution in [0.5, 0.6) is 0 Å².